The van der Waals surface area contributed by atoms with Crippen molar-refractivity contribution in [3.05, 3.63) is 26.6 Å². The van der Waals surface area contributed by atoms with E-state index in [2.05, 4.69) is 49.8 Å². The number of hydrogen-bond acceptors (Lipinski definition) is 5. The highest BCUT2D eigenvalue weighted by molar-refractivity contribution is 9.11. The maximum atomic E-state index is 5.61. The first kappa shape index (κ1) is 13.1. The Hall–Kier alpha value is -0.370. The fourth-order valence-corrected chi connectivity index (χ4v) is 4.01. The Morgan fingerprint density at radius 3 is 2.88 bits per heavy atom. The molecule has 0 aliphatic heterocycles. The van der Waals surface area contributed by atoms with Gasteiger partial charge in [-0.05, 0) is 35.0 Å². The molecule has 0 aliphatic carbocycles. The maximum Gasteiger partial charge on any atom is 0.191 e. The van der Waals surface area contributed by atoms with Gasteiger partial charge in [-0.25, -0.2) is 0 Å². The van der Waals surface area contributed by atoms with E-state index >= 15 is 0 Å². The third-order valence-electron chi connectivity index (χ3n) is 2.26. The van der Waals surface area contributed by atoms with Crippen LogP contribution in [0.25, 0.3) is 0 Å². The molecule has 2 rings (SSSR count). The molecule has 92 valence electrons. The average molecular weight is 333 g/mol. The van der Waals surface area contributed by atoms with Crippen LogP contribution in [0.5, 0.6) is 0 Å². The smallest absolute Gasteiger partial charge is 0.191 e. The van der Waals surface area contributed by atoms with Crippen molar-refractivity contribution < 1.29 is 0 Å². The van der Waals surface area contributed by atoms with Crippen LogP contribution in [-0.4, -0.2) is 14.8 Å². The molecule has 0 spiro atoms. The third kappa shape index (κ3) is 3.09. The van der Waals surface area contributed by atoms with Crippen molar-refractivity contribution in [1.82, 2.24) is 14.8 Å². The van der Waals surface area contributed by atoms with Gasteiger partial charge < -0.3 is 10.3 Å². The normalized spacial score (nSPS) is 11.0. The fourth-order valence-electron chi connectivity index (χ4n) is 1.46. The largest absolute Gasteiger partial charge is 0.324 e. The second kappa shape index (κ2) is 5.99. The number of thiophene rings is 1. The lowest BCUT2D eigenvalue weighted by atomic mass is 10.5. The molecule has 17 heavy (non-hydrogen) atoms. The monoisotopic (exact) mass is 332 g/mol. The molecule has 0 saturated carbocycles. The molecule has 0 aromatic carbocycles. The van der Waals surface area contributed by atoms with Crippen LogP contribution >= 0.6 is 39.0 Å². The molecule has 0 aliphatic rings. The van der Waals surface area contributed by atoms with Gasteiger partial charge in [0, 0.05) is 17.2 Å². The van der Waals surface area contributed by atoms with Crippen molar-refractivity contribution in [2.24, 2.45) is 5.73 Å². The Labute approximate surface area is 117 Å². The Morgan fingerprint density at radius 2 is 2.29 bits per heavy atom. The van der Waals surface area contributed by atoms with E-state index in [-0.39, 0.29) is 0 Å². The van der Waals surface area contributed by atoms with Crippen LogP contribution in [-0.2, 0) is 18.8 Å². The summed E-state index contributed by atoms with van der Waals surface area (Å²) in [5.74, 6) is 1.77. The molecule has 7 heteroatoms. The summed E-state index contributed by atoms with van der Waals surface area (Å²) in [5.41, 5.74) is 5.61. The zero-order chi connectivity index (χ0) is 12.3. The number of halogens is 1. The minimum Gasteiger partial charge on any atom is -0.324 e. The van der Waals surface area contributed by atoms with Gasteiger partial charge in [-0.3, -0.25) is 0 Å². The maximum absolute atomic E-state index is 5.61. The minimum atomic E-state index is 0.436. The summed E-state index contributed by atoms with van der Waals surface area (Å²) < 4.78 is 3.22. The van der Waals surface area contributed by atoms with Crippen molar-refractivity contribution in [3.8, 4) is 0 Å². The highest BCUT2D eigenvalue weighted by Gasteiger charge is 2.10. The second-order valence-corrected chi connectivity index (χ2v) is 6.83. The van der Waals surface area contributed by atoms with Crippen LogP contribution in [0.4, 0.5) is 0 Å². The van der Waals surface area contributed by atoms with Gasteiger partial charge in [-0.15, -0.1) is 21.5 Å². The van der Waals surface area contributed by atoms with Crippen molar-refractivity contribution >= 4 is 39.0 Å². The van der Waals surface area contributed by atoms with Gasteiger partial charge in [-0.2, -0.15) is 0 Å². The van der Waals surface area contributed by atoms with Crippen LogP contribution in [0.3, 0.4) is 0 Å². The number of thioether (sulfide) groups is 1. The van der Waals surface area contributed by atoms with Crippen LogP contribution in [0.15, 0.2) is 21.1 Å². The van der Waals surface area contributed by atoms with Crippen LogP contribution in [0.2, 0.25) is 0 Å². The molecule has 0 fully saturated rings. The fraction of sp³-hybridized carbons (Fsp3) is 0.400. The van der Waals surface area contributed by atoms with Gasteiger partial charge in [0.1, 0.15) is 5.82 Å². The van der Waals surface area contributed by atoms with E-state index in [0.717, 1.165) is 27.1 Å². The van der Waals surface area contributed by atoms with Crippen molar-refractivity contribution in [2.45, 2.75) is 30.9 Å². The molecule has 2 aromatic heterocycles. The SMILES string of the molecule is CCn1c(CN)nnc1SCc1ccc(Br)s1. The van der Waals surface area contributed by atoms with Crippen LogP contribution in [0, 0.1) is 0 Å². The van der Waals surface area contributed by atoms with E-state index in [0.29, 0.717) is 6.54 Å². The van der Waals surface area contributed by atoms with Gasteiger partial charge in [0.15, 0.2) is 5.16 Å². The summed E-state index contributed by atoms with van der Waals surface area (Å²) in [6.07, 6.45) is 0. The molecule has 0 atom stereocenters. The van der Waals surface area contributed by atoms with Gasteiger partial charge in [0.05, 0.1) is 10.3 Å². The molecule has 2 N–H and O–H groups in total. The topological polar surface area (TPSA) is 56.7 Å². The zero-order valence-corrected chi connectivity index (χ0v) is 12.6. The minimum absolute atomic E-state index is 0.436. The van der Waals surface area contributed by atoms with Crippen LogP contribution in [0.1, 0.15) is 17.6 Å². The number of rotatable bonds is 5. The molecule has 0 amide bonds. The van der Waals surface area contributed by atoms with Crippen molar-refractivity contribution in [2.75, 3.05) is 0 Å². The van der Waals surface area contributed by atoms with E-state index in [9.17, 15) is 0 Å². The first-order chi connectivity index (χ1) is 8.24. The summed E-state index contributed by atoms with van der Waals surface area (Å²) in [5, 5.41) is 9.19. The molecule has 0 unspecified atom stereocenters. The number of nitrogens with zero attached hydrogens (tertiary/aromatic N) is 3. The molecule has 2 heterocycles. The van der Waals surface area contributed by atoms with Gasteiger partial charge in [-0.1, -0.05) is 11.8 Å². The van der Waals surface area contributed by atoms with E-state index in [4.69, 9.17) is 5.73 Å². The Bertz CT molecular complexity index is 494. The number of aromatic nitrogens is 3. The zero-order valence-electron chi connectivity index (χ0n) is 9.39. The molecule has 2 aromatic rings. The van der Waals surface area contributed by atoms with Gasteiger partial charge in [0.2, 0.25) is 0 Å². The molecule has 0 saturated heterocycles. The van der Waals surface area contributed by atoms with E-state index < -0.39 is 0 Å². The Kier molecular flexibility index (Phi) is 4.61. The predicted octanol–water partition coefficient (Wildman–Crippen LogP) is 2.87. The van der Waals surface area contributed by atoms with E-state index in [1.165, 1.54) is 4.88 Å². The molecule has 0 bridgehead atoms. The molecule has 4 nitrogen and oxygen atoms in total. The van der Waals surface area contributed by atoms with Gasteiger partial charge in [0.25, 0.3) is 0 Å². The molecular formula is C10H13BrN4S2. The van der Waals surface area contributed by atoms with E-state index in [1.54, 1.807) is 23.1 Å². The van der Waals surface area contributed by atoms with Crippen LogP contribution < -0.4 is 5.73 Å². The first-order valence-electron chi connectivity index (χ1n) is 5.23. The lowest BCUT2D eigenvalue weighted by Crippen LogP contribution is -2.07. The lowest BCUT2D eigenvalue weighted by Gasteiger charge is -2.04. The number of nitrogens with two attached hydrogens (primary N) is 1. The Morgan fingerprint density at radius 1 is 1.47 bits per heavy atom. The number of hydrogen-bond donors (Lipinski definition) is 1. The first-order valence-corrected chi connectivity index (χ1v) is 7.83. The molecule has 0 radical (unpaired) electrons. The Balaban J connectivity index is 2.06. The summed E-state index contributed by atoms with van der Waals surface area (Å²) in [6.45, 7) is 3.37. The predicted molar refractivity (Wildman–Crippen MR) is 75.2 cm³/mol. The highest BCUT2D eigenvalue weighted by Crippen LogP contribution is 2.28. The summed E-state index contributed by atoms with van der Waals surface area (Å²) in [6, 6.07) is 4.19. The quantitative estimate of drug-likeness (QED) is 0.855. The molecular weight excluding hydrogens is 320 g/mol. The van der Waals surface area contributed by atoms with Crippen molar-refractivity contribution in [3.63, 3.8) is 0 Å². The summed E-state index contributed by atoms with van der Waals surface area (Å²) in [7, 11) is 0. The average Bonchev–Trinajstić information content (AvgIpc) is 2.91. The third-order valence-corrected chi connectivity index (χ3v) is 5.09. The lowest BCUT2D eigenvalue weighted by molar-refractivity contribution is 0.643. The van der Waals surface area contributed by atoms with Gasteiger partial charge >= 0.3 is 0 Å². The highest BCUT2D eigenvalue weighted by atomic mass is 79.9. The second-order valence-electron chi connectivity index (χ2n) is 3.34. The van der Waals surface area contributed by atoms with Crippen molar-refractivity contribution in [1.29, 1.82) is 0 Å². The van der Waals surface area contributed by atoms with E-state index in [1.807, 2.05) is 0 Å². The summed E-state index contributed by atoms with van der Waals surface area (Å²) in [4.78, 5) is 1.32. The summed E-state index contributed by atoms with van der Waals surface area (Å²) >= 11 is 6.91. The standard InChI is InChI=1S/C10H13BrN4S2/c1-2-15-9(5-12)13-14-10(15)16-6-7-3-4-8(11)17-7/h3-4H,2,5-6,12H2,1H3.